The molecule has 1 aromatic carbocycles. The van der Waals surface area contributed by atoms with E-state index in [0.717, 1.165) is 0 Å². The predicted octanol–water partition coefficient (Wildman–Crippen LogP) is 0.317. The number of hydrogen-bond donors (Lipinski definition) is 4. The second-order valence-corrected chi connectivity index (χ2v) is 5.38. The minimum Gasteiger partial charge on any atom is -0.385 e. The molecule has 25 heavy (non-hydrogen) atoms. The van der Waals surface area contributed by atoms with E-state index in [1.807, 2.05) is 6.07 Å². The normalized spacial score (nSPS) is 11.9. The van der Waals surface area contributed by atoms with E-state index in [0.29, 0.717) is 11.4 Å². The van der Waals surface area contributed by atoms with E-state index in [9.17, 15) is 19.5 Å². The molecule has 0 saturated heterocycles. The topological polar surface area (TPSA) is 120 Å². The number of aromatic nitrogens is 3. The Morgan fingerprint density at radius 3 is 2.60 bits per heavy atom. The van der Waals surface area contributed by atoms with Gasteiger partial charge in [0, 0.05) is 24.4 Å². The van der Waals surface area contributed by atoms with Crippen molar-refractivity contribution >= 4 is 5.91 Å². The highest BCUT2D eigenvalue weighted by Gasteiger charge is 2.14. The first-order valence-electron chi connectivity index (χ1n) is 7.57. The van der Waals surface area contributed by atoms with Crippen LogP contribution in [0.5, 0.6) is 0 Å². The number of carbonyl (C=O) groups excluding carboxylic acids is 1. The molecule has 0 aliphatic heterocycles. The van der Waals surface area contributed by atoms with Crippen molar-refractivity contribution in [2.75, 3.05) is 6.54 Å². The highest BCUT2D eigenvalue weighted by Crippen LogP contribution is 2.07. The fourth-order valence-corrected chi connectivity index (χ4v) is 2.33. The van der Waals surface area contributed by atoms with E-state index in [1.165, 1.54) is 22.9 Å². The van der Waals surface area contributed by atoms with Crippen LogP contribution in [0, 0.1) is 0 Å². The van der Waals surface area contributed by atoms with Crippen LogP contribution < -0.4 is 16.4 Å². The summed E-state index contributed by atoms with van der Waals surface area (Å²) in [6.45, 7) is -0.114. The maximum absolute atomic E-state index is 12.2. The molecule has 1 atom stereocenters. The number of H-pyrrole nitrogens is 2. The van der Waals surface area contributed by atoms with Gasteiger partial charge in [-0.3, -0.25) is 19.5 Å². The van der Waals surface area contributed by atoms with Crippen LogP contribution in [0.15, 0.2) is 64.2 Å². The smallest absolute Gasteiger partial charge is 0.271 e. The van der Waals surface area contributed by atoms with Gasteiger partial charge in [0.2, 0.25) is 5.56 Å². The molecule has 0 spiro atoms. The van der Waals surface area contributed by atoms with Crippen molar-refractivity contribution in [3.8, 4) is 5.69 Å². The minimum absolute atomic E-state index is 0.0719. The number of nitrogens with zero attached hydrogens (tertiary/aromatic N) is 1. The number of aliphatic hydroxyl groups excluding tert-OH is 1. The molecule has 3 rings (SSSR count). The van der Waals surface area contributed by atoms with E-state index in [4.69, 9.17) is 0 Å². The Balaban J connectivity index is 1.70. The Labute approximate surface area is 141 Å². The minimum atomic E-state index is -1.07. The summed E-state index contributed by atoms with van der Waals surface area (Å²) in [5.41, 5.74) is 0.260. The molecule has 0 aliphatic carbocycles. The quantitative estimate of drug-likeness (QED) is 0.534. The van der Waals surface area contributed by atoms with E-state index in [-0.39, 0.29) is 23.4 Å². The molecule has 8 heteroatoms. The summed E-state index contributed by atoms with van der Waals surface area (Å²) in [7, 11) is 0. The number of para-hydroxylation sites is 1. The second kappa shape index (κ2) is 7.02. The van der Waals surface area contributed by atoms with Crippen LogP contribution in [-0.2, 0) is 0 Å². The molecular formula is C17H16N4O4. The Hall–Kier alpha value is -3.39. The molecule has 3 aromatic rings. The Bertz CT molecular complexity index is 987. The van der Waals surface area contributed by atoms with Crippen molar-refractivity contribution in [3.05, 3.63) is 86.7 Å². The first kappa shape index (κ1) is 16.5. The van der Waals surface area contributed by atoms with Crippen molar-refractivity contribution in [3.63, 3.8) is 0 Å². The highest BCUT2D eigenvalue weighted by molar-refractivity contribution is 5.92. The van der Waals surface area contributed by atoms with Crippen LogP contribution in [0.3, 0.4) is 0 Å². The maximum Gasteiger partial charge on any atom is 0.271 e. The molecule has 2 aromatic heterocycles. The molecule has 8 nitrogen and oxygen atoms in total. The molecule has 1 unspecified atom stereocenters. The molecule has 0 aliphatic rings. The zero-order valence-electron chi connectivity index (χ0n) is 13.1. The number of aliphatic hydroxyl groups is 1. The van der Waals surface area contributed by atoms with Gasteiger partial charge in [0.05, 0.1) is 5.69 Å². The summed E-state index contributed by atoms with van der Waals surface area (Å²) >= 11 is 0. The number of rotatable bonds is 5. The predicted molar refractivity (Wildman–Crippen MR) is 90.7 cm³/mol. The van der Waals surface area contributed by atoms with E-state index in [1.54, 1.807) is 30.3 Å². The standard InChI is InChI=1S/C17H16N4O4/c22-14(12-7-4-8-15(23)19-12)10-18-17(25)13-9-16(24)21(20-13)11-5-2-1-3-6-11/h1-9,14,20,22H,10H2,(H,18,25)(H,19,23). The number of carbonyl (C=O) groups is 1. The van der Waals surface area contributed by atoms with Crippen molar-refractivity contribution in [1.82, 2.24) is 20.1 Å². The zero-order valence-corrected chi connectivity index (χ0v) is 13.1. The molecule has 1 amide bonds. The number of aromatic amines is 2. The Morgan fingerprint density at radius 2 is 1.88 bits per heavy atom. The summed E-state index contributed by atoms with van der Waals surface area (Å²) in [6.07, 6.45) is -1.07. The Morgan fingerprint density at radius 1 is 1.12 bits per heavy atom. The lowest BCUT2D eigenvalue weighted by atomic mass is 10.2. The van der Waals surface area contributed by atoms with Crippen LogP contribution in [0.25, 0.3) is 5.69 Å². The number of amides is 1. The highest BCUT2D eigenvalue weighted by atomic mass is 16.3. The Kier molecular flexibility index (Phi) is 4.62. The van der Waals surface area contributed by atoms with Crippen molar-refractivity contribution in [2.45, 2.75) is 6.10 Å². The fraction of sp³-hybridized carbons (Fsp3) is 0.118. The van der Waals surface area contributed by atoms with Crippen LogP contribution in [0.2, 0.25) is 0 Å². The molecule has 0 fully saturated rings. The van der Waals surface area contributed by atoms with Crippen molar-refractivity contribution < 1.29 is 9.90 Å². The van der Waals surface area contributed by atoms with E-state index in [2.05, 4.69) is 15.4 Å². The summed E-state index contributed by atoms with van der Waals surface area (Å²) in [6, 6.07) is 14.4. The van der Waals surface area contributed by atoms with E-state index < -0.39 is 12.0 Å². The molecule has 2 heterocycles. The summed E-state index contributed by atoms with van der Waals surface area (Å²) < 4.78 is 1.25. The maximum atomic E-state index is 12.2. The van der Waals surface area contributed by atoms with Gasteiger partial charge in [-0.2, -0.15) is 0 Å². The molecule has 4 N–H and O–H groups in total. The van der Waals surface area contributed by atoms with Crippen LogP contribution >= 0.6 is 0 Å². The summed E-state index contributed by atoms with van der Waals surface area (Å²) in [4.78, 5) is 37.9. The number of benzene rings is 1. The van der Waals surface area contributed by atoms with Gasteiger partial charge in [-0.05, 0) is 18.2 Å². The number of hydrogen-bond acceptors (Lipinski definition) is 4. The van der Waals surface area contributed by atoms with Gasteiger partial charge in [-0.15, -0.1) is 0 Å². The van der Waals surface area contributed by atoms with Crippen LogP contribution in [0.1, 0.15) is 22.3 Å². The largest absolute Gasteiger partial charge is 0.385 e. The van der Waals surface area contributed by atoms with Gasteiger partial charge < -0.3 is 15.4 Å². The van der Waals surface area contributed by atoms with Gasteiger partial charge >= 0.3 is 0 Å². The van der Waals surface area contributed by atoms with Crippen molar-refractivity contribution in [1.29, 1.82) is 0 Å². The third-order valence-corrected chi connectivity index (χ3v) is 3.59. The van der Waals surface area contributed by atoms with Crippen molar-refractivity contribution in [2.24, 2.45) is 0 Å². The summed E-state index contributed by atoms with van der Waals surface area (Å²) in [5, 5.41) is 15.3. The average Bonchev–Trinajstić information content (AvgIpc) is 3.02. The third kappa shape index (κ3) is 3.75. The lowest BCUT2D eigenvalue weighted by molar-refractivity contribution is 0.0908. The molecule has 0 bridgehead atoms. The lowest BCUT2D eigenvalue weighted by Gasteiger charge is -2.11. The number of nitrogens with one attached hydrogen (secondary N) is 3. The molecule has 0 radical (unpaired) electrons. The van der Waals surface area contributed by atoms with Gasteiger partial charge in [0.15, 0.2) is 0 Å². The first-order valence-corrected chi connectivity index (χ1v) is 7.57. The zero-order chi connectivity index (χ0) is 17.8. The fourth-order valence-electron chi connectivity index (χ4n) is 2.33. The van der Waals surface area contributed by atoms with Gasteiger partial charge in [0.25, 0.3) is 11.5 Å². The second-order valence-electron chi connectivity index (χ2n) is 5.38. The van der Waals surface area contributed by atoms with Gasteiger partial charge in [-0.25, -0.2) is 4.68 Å². The average molecular weight is 340 g/mol. The first-order chi connectivity index (χ1) is 12.0. The molecule has 0 saturated carbocycles. The number of pyridine rings is 1. The van der Waals surface area contributed by atoms with Gasteiger partial charge in [0.1, 0.15) is 11.8 Å². The van der Waals surface area contributed by atoms with Gasteiger partial charge in [-0.1, -0.05) is 24.3 Å². The lowest BCUT2D eigenvalue weighted by Crippen LogP contribution is -2.29. The monoisotopic (exact) mass is 340 g/mol. The molecule has 128 valence electrons. The third-order valence-electron chi connectivity index (χ3n) is 3.59. The van der Waals surface area contributed by atoms with Crippen LogP contribution in [0.4, 0.5) is 0 Å². The summed E-state index contributed by atoms with van der Waals surface area (Å²) in [5.74, 6) is -0.538. The van der Waals surface area contributed by atoms with Crippen LogP contribution in [-0.4, -0.2) is 32.3 Å². The van der Waals surface area contributed by atoms with E-state index >= 15 is 0 Å². The SMILES string of the molecule is O=C(NCC(O)c1cccc(=O)[nH]1)c1cc(=O)n(-c2ccccc2)[nH]1. The molecular weight excluding hydrogens is 324 g/mol.